The molecule has 0 aliphatic carbocycles. The van der Waals surface area contributed by atoms with Crippen LogP contribution in [-0.2, 0) is 10.9 Å². The molecule has 1 aromatic carbocycles. The Balaban J connectivity index is 2.44. The highest BCUT2D eigenvalue weighted by molar-refractivity contribution is 5.91. The lowest BCUT2D eigenvalue weighted by Crippen LogP contribution is -2.31. The zero-order chi connectivity index (χ0) is 14.8. The number of nitrogens with zero attached hydrogens (tertiary/aromatic N) is 1. The Bertz CT molecular complexity index is 494. The summed E-state index contributed by atoms with van der Waals surface area (Å²) in [5, 5.41) is 0. The molecule has 1 heterocycles. The number of esters is 1. The van der Waals surface area contributed by atoms with Crippen molar-refractivity contribution in [3.8, 4) is 0 Å². The van der Waals surface area contributed by atoms with Gasteiger partial charge in [0, 0.05) is 18.8 Å². The third-order valence-electron chi connectivity index (χ3n) is 3.42. The normalized spacial score (nSPS) is 16.1. The highest BCUT2D eigenvalue weighted by Gasteiger charge is 2.35. The van der Waals surface area contributed by atoms with Gasteiger partial charge in [0.25, 0.3) is 0 Å². The number of piperidine rings is 1. The highest BCUT2D eigenvalue weighted by Crippen LogP contribution is 2.38. The van der Waals surface area contributed by atoms with E-state index in [9.17, 15) is 18.0 Å². The summed E-state index contributed by atoms with van der Waals surface area (Å²) in [7, 11) is 1.21. The molecule has 1 aliphatic heterocycles. The second kappa shape index (κ2) is 5.73. The lowest BCUT2D eigenvalue weighted by atomic mass is 10.0. The molecule has 0 spiro atoms. The molecule has 110 valence electrons. The largest absolute Gasteiger partial charge is 0.465 e. The molecule has 0 saturated carbocycles. The molecule has 0 atom stereocenters. The molecule has 0 unspecified atom stereocenters. The number of hydrogen-bond acceptors (Lipinski definition) is 3. The monoisotopic (exact) mass is 287 g/mol. The summed E-state index contributed by atoms with van der Waals surface area (Å²) in [6.07, 6.45) is -1.69. The van der Waals surface area contributed by atoms with Gasteiger partial charge >= 0.3 is 12.1 Å². The van der Waals surface area contributed by atoms with E-state index in [0.717, 1.165) is 31.4 Å². The topological polar surface area (TPSA) is 29.5 Å². The number of ether oxygens (including phenoxy) is 1. The Kier molecular flexibility index (Phi) is 4.20. The number of anilines is 1. The fourth-order valence-corrected chi connectivity index (χ4v) is 2.41. The zero-order valence-electron chi connectivity index (χ0n) is 11.2. The van der Waals surface area contributed by atoms with Gasteiger partial charge in [-0.25, -0.2) is 4.79 Å². The van der Waals surface area contributed by atoms with E-state index < -0.39 is 17.7 Å². The van der Waals surface area contributed by atoms with Crippen molar-refractivity contribution in [1.29, 1.82) is 0 Å². The molecule has 20 heavy (non-hydrogen) atoms. The predicted octanol–water partition coefficient (Wildman–Crippen LogP) is 3.48. The van der Waals surface area contributed by atoms with E-state index in [1.165, 1.54) is 13.2 Å². The van der Waals surface area contributed by atoms with Gasteiger partial charge in [-0.3, -0.25) is 0 Å². The van der Waals surface area contributed by atoms with E-state index in [2.05, 4.69) is 4.74 Å². The summed E-state index contributed by atoms with van der Waals surface area (Å²) in [4.78, 5) is 13.2. The lowest BCUT2D eigenvalue weighted by molar-refractivity contribution is -0.137. The maximum absolute atomic E-state index is 13.1. The maximum atomic E-state index is 13.1. The SMILES string of the molecule is COC(=O)c1ccc(C(F)(F)F)c(N2CCCCC2)c1. The molecular weight excluding hydrogens is 271 g/mol. The first kappa shape index (κ1) is 14.7. The average Bonchev–Trinajstić information content (AvgIpc) is 2.45. The molecule has 1 aliphatic rings. The summed E-state index contributed by atoms with van der Waals surface area (Å²) < 4.78 is 43.8. The molecule has 1 fully saturated rings. The first-order chi connectivity index (χ1) is 9.43. The van der Waals surface area contributed by atoms with Gasteiger partial charge in [-0.05, 0) is 37.5 Å². The predicted molar refractivity (Wildman–Crippen MR) is 68.8 cm³/mol. The fraction of sp³-hybridized carbons (Fsp3) is 0.500. The Morgan fingerprint density at radius 3 is 2.40 bits per heavy atom. The van der Waals surface area contributed by atoms with E-state index >= 15 is 0 Å². The number of halogens is 3. The molecule has 1 aromatic rings. The summed E-state index contributed by atoms with van der Waals surface area (Å²) in [5.41, 5.74) is -0.492. The van der Waals surface area contributed by atoms with E-state index in [1.54, 1.807) is 4.90 Å². The van der Waals surface area contributed by atoms with E-state index in [-0.39, 0.29) is 11.3 Å². The van der Waals surface area contributed by atoms with E-state index in [4.69, 9.17) is 0 Å². The van der Waals surface area contributed by atoms with Crippen molar-refractivity contribution in [1.82, 2.24) is 0 Å². The van der Waals surface area contributed by atoms with Gasteiger partial charge in [-0.15, -0.1) is 0 Å². The summed E-state index contributed by atoms with van der Waals surface area (Å²) in [6.45, 7) is 1.15. The van der Waals surface area contributed by atoms with Gasteiger partial charge < -0.3 is 9.64 Å². The van der Waals surface area contributed by atoms with Crippen molar-refractivity contribution in [3.63, 3.8) is 0 Å². The minimum atomic E-state index is -4.43. The van der Waals surface area contributed by atoms with E-state index in [1.807, 2.05) is 0 Å². The first-order valence-electron chi connectivity index (χ1n) is 6.48. The Morgan fingerprint density at radius 1 is 1.20 bits per heavy atom. The van der Waals surface area contributed by atoms with E-state index in [0.29, 0.717) is 13.1 Å². The van der Waals surface area contributed by atoms with Gasteiger partial charge in [-0.2, -0.15) is 13.2 Å². The van der Waals surface area contributed by atoms with Crippen LogP contribution < -0.4 is 4.90 Å². The Morgan fingerprint density at radius 2 is 1.85 bits per heavy atom. The number of carbonyl (C=O) groups excluding carboxylic acids is 1. The van der Waals surface area contributed by atoms with Crippen LogP contribution in [-0.4, -0.2) is 26.2 Å². The molecule has 0 bridgehead atoms. The standard InChI is InChI=1S/C14H16F3NO2/c1-20-13(19)10-5-6-11(14(15,16)17)12(9-10)18-7-3-2-4-8-18/h5-6,9H,2-4,7-8H2,1H3. The minimum absolute atomic E-state index is 0.0695. The number of hydrogen-bond donors (Lipinski definition) is 0. The van der Waals surface area contributed by atoms with Crippen molar-refractivity contribution < 1.29 is 22.7 Å². The molecular formula is C14H16F3NO2. The van der Waals surface area contributed by atoms with Crippen LogP contribution in [0.4, 0.5) is 18.9 Å². The summed E-state index contributed by atoms with van der Waals surface area (Å²) in [5.74, 6) is -0.628. The second-order valence-electron chi connectivity index (χ2n) is 4.77. The van der Waals surface area contributed by atoms with Crippen molar-refractivity contribution in [2.75, 3.05) is 25.1 Å². The van der Waals surface area contributed by atoms with Crippen LogP contribution in [0.2, 0.25) is 0 Å². The van der Waals surface area contributed by atoms with Crippen LogP contribution in [0.5, 0.6) is 0 Å². The third kappa shape index (κ3) is 3.05. The van der Waals surface area contributed by atoms with Crippen molar-refractivity contribution in [3.05, 3.63) is 29.3 Å². The molecule has 0 N–H and O–H groups in total. The summed E-state index contributed by atoms with van der Waals surface area (Å²) >= 11 is 0. The molecule has 6 heteroatoms. The quantitative estimate of drug-likeness (QED) is 0.780. The number of alkyl halides is 3. The van der Waals surface area contributed by atoms with Crippen LogP contribution in [0.15, 0.2) is 18.2 Å². The minimum Gasteiger partial charge on any atom is -0.465 e. The van der Waals surface area contributed by atoms with Gasteiger partial charge in [-0.1, -0.05) is 0 Å². The molecule has 2 rings (SSSR count). The van der Waals surface area contributed by atoms with Crippen molar-refractivity contribution >= 4 is 11.7 Å². The first-order valence-corrected chi connectivity index (χ1v) is 6.48. The number of benzene rings is 1. The van der Waals surface area contributed by atoms with Gasteiger partial charge in [0.05, 0.1) is 18.2 Å². The van der Waals surface area contributed by atoms with Crippen LogP contribution >= 0.6 is 0 Å². The molecule has 0 radical (unpaired) electrons. The van der Waals surface area contributed by atoms with Crippen LogP contribution in [0.3, 0.4) is 0 Å². The zero-order valence-corrected chi connectivity index (χ0v) is 11.2. The van der Waals surface area contributed by atoms with Gasteiger partial charge in [0.2, 0.25) is 0 Å². The van der Waals surface area contributed by atoms with Crippen LogP contribution in [0.1, 0.15) is 35.2 Å². The average molecular weight is 287 g/mol. The highest BCUT2D eigenvalue weighted by atomic mass is 19.4. The Hall–Kier alpha value is -1.72. The molecule has 3 nitrogen and oxygen atoms in total. The summed E-state index contributed by atoms with van der Waals surface area (Å²) in [6, 6.07) is 3.39. The number of carbonyl (C=O) groups is 1. The molecule has 0 aromatic heterocycles. The number of rotatable bonds is 2. The maximum Gasteiger partial charge on any atom is 0.418 e. The fourth-order valence-electron chi connectivity index (χ4n) is 2.41. The van der Waals surface area contributed by atoms with Crippen molar-refractivity contribution in [2.45, 2.75) is 25.4 Å². The lowest BCUT2D eigenvalue weighted by Gasteiger charge is -2.31. The van der Waals surface area contributed by atoms with Gasteiger partial charge in [0.15, 0.2) is 0 Å². The van der Waals surface area contributed by atoms with Crippen LogP contribution in [0.25, 0.3) is 0 Å². The Labute approximate surface area is 115 Å². The van der Waals surface area contributed by atoms with Crippen LogP contribution in [0, 0.1) is 0 Å². The third-order valence-corrected chi connectivity index (χ3v) is 3.42. The van der Waals surface area contributed by atoms with Gasteiger partial charge in [0.1, 0.15) is 0 Å². The number of methoxy groups -OCH3 is 1. The smallest absolute Gasteiger partial charge is 0.418 e. The second-order valence-corrected chi connectivity index (χ2v) is 4.77. The van der Waals surface area contributed by atoms with Crippen molar-refractivity contribution in [2.24, 2.45) is 0 Å². The molecule has 0 amide bonds. The molecule has 1 saturated heterocycles.